The number of piperazine rings is 1. The van der Waals surface area contributed by atoms with Gasteiger partial charge in [0.15, 0.2) is 0 Å². The van der Waals surface area contributed by atoms with E-state index in [-0.39, 0.29) is 11.8 Å². The lowest BCUT2D eigenvalue weighted by Gasteiger charge is -2.35. The maximum atomic E-state index is 13.2. The number of nitrogens with one attached hydrogen (secondary N) is 1. The van der Waals surface area contributed by atoms with Crippen molar-refractivity contribution in [2.75, 3.05) is 36.4 Å². The molecule has 134 valence electrons. The molecule has 1 aromatic carbocycles. The number of nitrogens with zero attached hydrogens (tertiary/aromatic N) is 4. The van der Waals surface area contributed by atoms with Crippen molar-refractivity contribution in [2.45, 2.75) is 6.92 Å². The summed E-state index contributed by atoms with van der Waals surface area (Å²) in [5, 5.41) is 4.88. The highest BCUT2D eigenvalue weighted by atomic mass is 32.1. The van der Waals surface area contributed by atoms with Crippen molar-refractivity contribution in [3.63, 3.8) is 0 Å². The zero-order valence-electron chi connectivity index (χ0n) is 14.3. The average molecular weight is 371 g/mol. The molecule has 0 radical (unpaired) electrons. The smallest absolute Gasteiger partial charge is 0.321 e. The van der Waals surface area contributed by atoms with Crippen LogP contribution in [-0.4, -0.2) is 47.1 Å². The summed E-state index contributed by atoms with van der Waals surface area (Å²) in [7, 11) is 0. The van der Waals surface area contributed by atoms with E-state index in [1.54, 1.807) is 35.6 Å². The maximum Gasteiger partial charge on any atom is 0.321 e. The van der Waals surface area contributed by atoms with Crippen LogP contribution >= 0.6 is 11.3 Å². The Morgan fingerprint density at radius 1 is 1.19 bits per heavy atom. The van der Waals surface area contributed by atoms with Gasteiger partial charge < -0.3 is 15.1 Å². The Morgan fingerprint density at radius 3 is 2.77 bits per heavy atom. The number of fused-ring (bicyclic) bond motifs is 1. The molecule has 3 aromatic rings. The molecule has 26 heavy (non-hydrogen) atoms. The van der Waals surface area contributed by atoms with E-state index in [4.69, 9.17) is 0 Å². The molecule has 0 aliphatic carbocycles. The first kappa shape index (κ1) is 16.7. The largest absolute Gasteiger partial charge is 0.352 e. The number of urea groups is 1. The third-order valence-corrected chi connectivity index (χ3v) is 5.42. The van der Waals surface area contributed by atoms with Crippen molar-refractivity contribution in [3.8, 4) is 0 Å². The molecule has 2 aromatic heterocycles. The number of rotatable bonds is 2. The quantitative estimate of drug-likeness (QED) is 0.749. The number of amides is 2. The Morgan fingerprint density at radius 2 is 2.00 bits per heavy atom. The number of carbonyl (C=O) groups is 1. The molecule has 3 heterocycles. The Kier molecular flexibility index (Phi) is 4.42. The van der Waals surface area contributed by atoms with Gasteiger partial charge >= 0.3 is 6.03 Å². The first-order valence-electron chi connectivity index (χ1n) is 8.37. The molecule has 4 rings (SSSR count). The topological polar surface area (TPSA) is 61.4 Å². The molecule has 1 fully saturated rings. The number of halogens is 1. The average Bonchev–Trinajstić information content (AvgIpc) is 3.13. The fourth-order valence-corrected chi connectivity index (χ4v) is 3.95. The molecule has 1 aliphatic heterocycles. The summed E-state index contributed by atoms with van der Waals surface area (Å²) >= 11 is 1.63. The zero-order chi connectivity index (χ0) is 18.1. The second-order valence-electron chi connectivity index (χ2n) is 6.20. The molecule has 1 N–H and O–H groups in total. The van der Waals surface area contributed by atoms with Crippen LogP contribution in [0.15, 0.2) is 36.0 Å². The number of benzene rings is 1. The second kappa shape index (κ2) is 6.87. The van der Waals surface area contributed by atoms with Gasteiger partial charge in [0.05, 0.1) is 10.2 Å². The number of aromatic nitrogens is 2. The SMILES string of the molecule is Cc1cc(F)ccc1NC(=O)N1CCN(c2ncnc3ccsc23)CC1. The van der Waals surface area contributed by atoms with Gasteiger partial charge in [-0.25, -0.2) is 19.2 Å². The summed E-state index contributed by atoms with van der Waals surface area (Å²) in [5.41, 5.74) is 2.29. The summed E-state index contributed by atoms with van der Waals surface area (Å²) in [5.74, 6) is 0.623. The van der Waals surface area contributed by atoms with Crippen LogP contribution in [0.4, 0.5) is 20.7 Å². The summed E-state index contributed by atoms with van der Waals surface area (Å²) in [4.78, 5) is 25.2. The molecule has 0 bridgehead atoms. The summed E-state index contributed by atoms with van der Waals surface area (Å²) in [6, 6.07) is 6.17. The van der Waals surface area contributed by atoms with E-state index >= 15 is 0 Å². The van der Waals surface area contributed by atoms with Crippen LogP contribution in [0.5, 0.6) is 0 Å². The van der Waals surface area contributed by atoms with Gasteiger partial charge in [-0.3, -0.25) is 0 Å². The van der Waals surface area contributed by atoms with Crippen LogP contribution in [0.25, 0.3) is 10.2 Å². The van der Waals surface area contributed by atoms with E-state index in [0.717, 1.165) is 16.0 Å². The highest BCUT2D eigenvalue weighted by Gasteiger charge is 2.23. The predicted octanol–water partition coefficient (Wildman–Crippen LogP) is 3.49. The fourth-order valence-electron chi connectivity index (χ4n) is 3.08. The first-order chi connectivity index (χ1) is 12.6. The number of thiophene rings is 1. The van der Waals surface area contributed by atoms with Gasteiger partial charge in [0, 0.05) is 31.9 Å². The molecule has 0 unspecified atom stereocenters. The number of hydrogen-bond acceptors (Lipinski definition) is 5. The van der Waals surface area contributed by atoms with Gasteiger partial charge in [0.1, 0.15) is 18.0 Å². The van der Waals surface area contributed by atoms with Gasteiger partial charge in [-0.05, 0) is 42.1 Å². The molecule has 6 nitrogen and oxygen atoms in total. The minimum absolute atomic E-state index is 0.164. The minimum atomic E-state index is -0.307. The van der Waals surface area contributed by atoms with E-state index in [2.05, 4.69) is 20.2 Å². The van der Waals surface area contributed by atoms with Gasteiger partial charge in [-0.1, -0.05) is 0 Å². The molecule has 0 saturated carbocycles. The third-order valence-electron chi connectivity index (χ3n) is 4.52. The Labute approximate surface area is 154 Å². The summed E-state index contributed by atoms with van der Waals surface area (Å²) in [6.45, 7) is 4.39. The number of aryl methyl sites for hydroxylation is 1. The van der Waals surface area contributed by atoms with Crippen LogP contribution in [0.2, 0.25) is 0 Å². The normalized spacial score (nSPS) is 14.7. The number of hydrogen-bond donors (Lipinski definition) is 1. The molecule has 0 atom stereocenters. The minimum Gasteiger partial charge on any atom is -0.352 e. The van der Waals surface area contributed by atoms with Gasteiger partial charge in [-0.2, -0.15) is 0 Å². The Balaban J connectivity index is 1.41. The third kappa shape index (κ3) is 3.20. The lowest BCUT2D eigenvalue weighted by atomic mass is 10.2. The second-order valence-corrected chi connectivity index (χ2v) is 7.11. The molecule has 0 spiro atoms. The van der Waals surface area contributed by atoms with Crippen LogP contribution in [0, 0.1) is 12.7 Å². The van der Waals surface area contributed by atoms with Crippen LogP contribution in [-0.2, 0) is 0 Å². The number of anilines is 2. The van der Waals surface area contributed by atoms with Crippen molar-refractivity contribution < 1.29 is 9.18 Å². The molecule has 1 aliphatic rings. The summed E-state index contributed by atoms with van der Waals surface area (Å²) < 4.78 is 14.3. The van der Waals surface area contributed by atoms with Gasteiger partial charge in [-0.15, -0.1) is 11.3 Å². The van der Waals surface area contributed by atoms with E-state index in [0.29, 0.717) is 37.4 Å². The van der Waals surface area contributed by atoms with E-state index < -0.39 is 0 Å². The van der Waals surface area contributed by atoms with Crippen molar-refractivity contribution in [1.82, 2.24) is 14.9 Å². The van der Waals surface area contributed by atoms with Crippen LogP contribution < -0.4 is 10.2 Å². The van der Waals surface area contributed by atoms with Gasteiger partial charge in [0.25, 0.3) is 0 Å². The van der Waals surface area contributed by atoms with Gasteiger partial charge in [0.2, 0.25) is 0 Å². The van der Waals surface area contributed by atoms with E-state index in [9.17, 15) is 9.18 Å². The monoisotopic (exact) mass is 371 g/mol. The molecular weight excluding hydrogens is 353 g/mol. The van der Waals surface area contributed by atoms with Crippen molar-refractivity contribution in [3.05, 3.63) is 47.4 Å². The fraction of sp³-hybridized carbons (Fsp3) is 0.278. The molecule has 2 amide bonds. The van der Waals surface area contributed by atoms with Crippen molar-refractivity contribution in [1.29, 1.82) is 0 Å². The Bertz CT molecular complexity index is 952. The first-order valence-corrected chi connectivity index (χ1v) is 9.25. The Hall–Kier alpha value is -2.74. The zero-order valence-corrected chi connectivity index (χ0v) is 15.1. The predicted molar refractivity (Wildman–Crippen MR) is 101 cm³/mol. The highest BCUT2D eigenvalue weighted by molar-refractivity contribution is 7.17. The maximum absolute atomic E-state index is 13.2. The molecule has 1 saturated heterocycles. The molecular formula is C18H18FN5OS. The highest BCUT2D eigenvalue weighted by Crippen LogP contribution is 2.28. The molecule has 8 heteroatoms. The summed E-state index contributed by atoms with van der Waals surface area (Å²) in [6.07, 6.45) is 1.58. The lowest BCUT2D eigenvalue weighted by Crippen LogP contribution is -2.50. The van der Waals surface area contributed by atoms with Crippen LogP contribution in [0.3, 0.4) is 0 Å². The van der Waals surface area contributed by atoms with E-state index in [1.165, 1.54) is 12.1 Å². The van der Waals surface area contributed by atoms with Crippen molar-refractivity contribution in [2.24, 2.45) is 0 Å². The van der Waals surface area contributed by atoms with E-state index in [1.807, 2.05) is 11.4 Å². The van der Waals surface area contributed by atoms with Crippen LogP contribution in [0.1, 0.15) is 5.56 Å². The standard InChI is InChI=1S/C18H18FN5OS/c1-12-10-13(19)2-3-14(12)22-18(25)24-7-5-23(6-8-24)17-16-15(4-9-26-16)20-11-21-17/h2-4,9-11H,5-8H2,1H3,(H,22,25). The number of carbonyl (C=O) groups excluding carboxylic acids is 1. The van der Waals surface area contributed by atoms with Crippen molar-refractivity contribution >= 4 is 39.1 Å². The lowest BCUT2D eigenvalue weighted by molar-refractivity contribution is 0.208.